The van der Waals surface area contributed by atoms with E-state index in [1.807, 2.05) is 18.2 Å². The lowest BCUT2D eigenvalue weighted by Crippen LogP contribution is -2.27. The van der Waals surface area contributed by atoms with Gasteiger partial charge in [0.25, 0.3) is 5.91 Å². The monoisotopic (exact) mass is 325 g/mol. The molecule has 1 fully saturated rings. The zero-order chi connectivity index (χ0) is 16.9. The van der Waals surface area contributed by atoms with Crippen molar-refractivity contribution in [2.75, 3.05) is 19.0 Å². The Kier molecular flexibility index (Phi) is 4.91. The lowest BCUT2D eigenvalue weighted by molar-refractivity contribution is -0.124. The Balaban J connectivity index is 1.85. The summed E-state index contributed by atoms with van der Waals surface area (Å²) in [5.41, 5.74) is 1.56. The second-order valence-electron chi connectivity index (χ2n) is 5.60. The number of hydrogen-bond donors (Lipinski definition) is 1. The van der Waals surface area contributed by atoms with E-state index in [0.717, 1.165) is 6.42 Å². The molecular weight excluding hydrogens is 306 g/mol. The maximum atomic E-state index is 12.6. The maximum Gasteiger partial charge on any atom is 0.253 e. The van der Waals surface area contributed by atoms with E-state index in [1.165, 1.54) is 7.11 Å². The van der Waals surface area contributed by atoms with Crippen LogP contribution in [0.15, 0.2) is 48.5 Å². The van der Waals surface area contributed by atoms with E-state index in [-0.39, 0.29) is 11.7 Å². The third kappa shape index (κ3) is 3.46. The summed E-state index contributed by atoms with van der Waals surface area (Å²) in [5, 5.41) is 2.81. The van der Waals surface area contributed by atoms with E-state index >= 15 is 0 Å². The molecule has 0 aromatic heterocycles. The molecule has 5 heteroatoms. The molecule has 0 spiro atoms. The van der Waals surface area contributed by atoms with E-state index < -0.39 is 6.10 Å². The molecule has 124 valence electrons. The van der Waals surface area contributed by atoms with Gasteiger partial charge in [-0.05, 0) is 31.0 Å². The van der Waals surface area contributed by atoms with E-state index in [0.29, 0.717) is 35.6 Å². The predicted octanol–water partition coefficient (Wildman–Crippen LogP) is 3.04. The molecule has 1 aliphatic rings. The first-order valence-electron chi connectivity index (χ1n) is 7.89. The van der Waals surface area contributed by atoms with E-state index in [9.17, 15) is 9.59 Å². The third-order valence-corrected chi connectivity index (χ3v) is 3.98. The van der Waals surface area contributed by atoms with Crippen LogP contribution in [-0.2, 0) is 9.53 Å². The Bertz CT molecular complexity index is 736. The number of nitrogens with one attached hydrogen (secondary N) is 1. The summed E-state index contributed by atoms with van der Waals surface area (Å²) in [6, 6.07) is 14.0. The molecule has 0 bridgehead atoms. The summed E-state index contributed by atoms with van der Waals surface area (Å²) in [6.45, 7) is 0.599. The van der Waals surface area contributed by atoms with Crippen molar-refractivity contribution in [2.45, 2.75) is 18.9 Å². The Hall–Kier alpha value is -2.66. The van der Waals surface area contributed by atoms with Gasteiger partial charge in [-0.1, -0.05) is 30.3 Å². The highest BCUT2D eigenvalue weighted by Gasteiger charge is 2.24. The minimum absolute atomic E-state index is 0.106. The highest BCUT2D eigenvalue weighted by molar-refractivity contribution is 6.10. The van der Waals surface area contributed by atoms with Gasteiger partial charge in [0, 0.05) is 17.7 Å². The highest BCUT2D eigenvalue weighted by Crippen LogP contribution is 2.27. The lowest BCUT2D eigenvalue weighted by atomic mass is 10.0. The molecule has 0 aliphatic carbocycles. The maximum absolute atomic E-state index is 12.6. The van der Waals surface area contributed by atoms with Crippen LogP contribution in [0.3, 0.4) is 0 Å². The number of hydrogen-bond acceptors (Lipinski definition) is 4. The van der Waals surface area contributed by atoms with Crippen LogP contribution in [0.1, 0.15) is 28.8 Å². The molecular formula is C19H19NO4. The third-order valence-electron chi connectivity index (χ3n) is 3.98. The molecule has 0 radical (unpaired) electrons. The standard InChI is InChI=1S/C19H19NO4/c1-23-16-10-9-14(18(21)13-6-3-2-4-7-13)12-15(16)20-19(22)17-8-5-11-24-17/h2-4,6-7,9-10,12,17H,5,8,11H2,1H3,(H,20,22)/t17-/m1/s1. The molecule has 1 heterocycles. The number of benzene rings is 2. The second kappa shape index (κ2) is 7.27. The van der Waals surface area contributed by atoms with Gasteiger partial charge in [0.2, 0.25) is 0 Å². The number of methoxy groups -OCH3 is 1. The first-order chi connectivity index (χ1) is 11.7. The number of carbonyl (C=O) groups is 2. The summed E-state index contributed by atoms with van der Waals surface area (Å²) in [6.07, 6.45) is 1.14. The van der Waals surface area contributed by atoms with Crippen molar-refractivity contribution >= 4 is 17.4 Å². The Labute approximate surface area is 140 Å². The van der Waals surface area contributed by atoms with Crippen molar-refractivity contribution in [3.8, 4) is 5.75 Å². The van der Waals surface area contributed by atoms with Crippen molar-refractivity contribution in [3.05, 3.63) is 59.7 Å². The van der Waals surface area contributed by atoms with Crippen LogP contribution < -0.4 is 10.1 Å². The molecule has 5 nitrogen and oxygen atoms in total. The molecule has 1 amide bonds. The summed E-state index contributed by atoms with van der Waals surface area (Å²) < 4.78 is 10.7. The van der Waals surface area contributed by atoms with Crippen LogP contribution in [0, 0.1) is 0 Å². The van der Waals surface area contributed by atoms with Crippen LogP contribution in [0.2, 0.25) is 0 Å². The largest absolute Gasteiger partial charge is 0.495 e. The van der Waals surface area contributed by atoms with Crippen LogP contribution in [-0.4, -0.2) is 31.5 Å². The van der Waals surface area contributed by atoms with Gasteiger partial charge in [-0.15, -0.1) is 0 Å². The zero-order valence-electron chi connectivity index (χ0n) is 13.5. The van der Waals surface area contributed by atoms with Crippen LogP contribution in [0.25, 0.3) is 0 Å². The quantitative estimate of drug-likeness (QED) is 0.858. The summed E-state index contributed by atoms with van der Waals surface area (Å²) in [5.74, 6) is 0.187. The van der Waals surface area contributed by atoms with Gasteiger partial charge >= 0.3 is 0 Å². The Morgan fingerprint density at radius 3 is 2.58 bits per heavy atom. The molecule has 1 aliphatic heterocycles. The van der Waals surface area contributed by atoms with Crippen molar-refractivity contribution < 1.29 is 19.1 Å². The van der Waals surface area contributed by atoms with E-state index in [4.69, 9.17) is 9.47 Å². The number of ketones is 1. The number of ether oxygens (including phenoxy) is 2. The van der Waals surface area contributed by atoms with Crippen molar-refractivity contribution in [3.63, 3.8) is 0 Å². The van der Waals surface area contributed by atoms with Gasteiger partial charge in [0.05, 0.1) is 12.8 Å². The molecule has 2 aromatic rings. The van der Waals surface area contributed by atoms with Gasteiger partial charge in [0.15, 0.2) is 5.78 Å². The normalized spacial score (nSPS) is 16.6. The summed E-state index contributed by atoms with van der Waals surface area (Å²) in [7, 11) is 1.52. The minimum Gasteiger partial charge on any atom is -0.495 e. The van der Waals surface area contributed by atoms with Gasteiger partial charge in [-0.25, -0.2) is 0 Å². The highest BCUT2D eigenvalue weighted by atomic mass is 16.5. The molecule has 0 unspecified atom stereocenters. The molecule has 2 aromatic carbocycles. The summed E-state index contributed by atoms with van der Waals surface area (Å²) >= 11 is 0. The summed E-state index contributed by atoms with van der Waals surface area (Å²) in [4.78, 5) is 24.8. The molecule has 0 saturated carbocycles. The van der Waals surface area contributed by atoms with E-state index in [2.05, 4.69) is 5.32 Å². The zero-order valence-corrected chi connectivity index (χ0v) is 13.5. The lowest BCUT2D eigenvalue weighted by Gasteiger charge is -2.14. The van der Waals surface area contributed by atoms with Gasteiger partial charge in [0.1, 0.15) is 11.9 Å². The predicted molar refractivity (Wildman–Crippen MR) is 90.5 cm³/mol. The average molecular weight is 325 g/mol. The van der Waals surface area contributed by atoms with Crippen LogP contribution in [0.5, 0.6) is 5.75 Å². The van der Waals surface area contributed by atoms with Crippen LogP contribution in [0.4, 0.5) is 5.69 Å². The van der Waals surface area contributed by atoms with E-state index in [1.54, 1.807) is 30.3 Å². The molecule has 1 N–H and O–H groups in total. The molecule has 3 rings (SSSR count). The van der Waals surface area contributed by atoms with Crippen LogP contribution >= 0.6 is 0 Å². The molecule has 24 heavy (non-hydrogen) atoms. The molecule has 1 atom stereocenters. The number of carbonyl (C=O) groups excluding carboxylic acids is 2. The number of anilines is 1. The number of amides is 1. The van der Waals surface area contributed by atoms with Crippen molar-refractivity contribution in [1.82, 2.24) is 0 Å². The Morgan fingerprint density at radius 1 is 1.12 bits per heavy atom. The fourth-order valence-electron chi connectivity index (χ4n) is 2.70. The van der Waals surface area contributed by atoms with Gasteiger partial charge < -0.3 is 14.8 Å². The van der Waals surface area contributed by atoms with Crippen molar-refractivity contribution in [1.29, 1.82) is 0 Å². The van der Waals surface area contributed by atoms with Gasteiger partial charge in [-0.2, -0.15) is 0 Å². The fourth-order valence-corrected chi connectivity index (χ4v) is 2.70. The first-order valence-corrected chi connectivity index (χ1v) is 7.89. The first kappa shape index (κ1) is 16.2. The smallest absolute Gasteiger partial charge is 0.253 e. The SMILES string of the molecule is COc1ccc(C(=O)c2ccccc2)cc1NC(=O)[C@H]1CCCO1. The van der Waals surface area contributed by atoms with Crippen molar-refractivity contribution in [2.24, 2.45) is 0 Å². The minimum atomic E-state index is -0.441. The Morgan fingerprint density at radius 2 is 1.92 bits per heavy atom. The second-order valence-corrected chi connectivity index (χ2v) is 5.60. The average Bonchev–Trinajstić information content (AvgIpc) is 3.16. The molecule has 1 saturated heterocycles. The fraction of sp³-hybridized carbons (Fsp3) is 0.263. The van der Waals surface area contributed by atoms with Gasteiger partial charge in [-0.3, -0.25) is 9.59 Å². The number of rotatable bonds is 5. The topological polar surface area (TPSA) is 64.6 Å².